The summed E-state index contributed by atoms with van der Waals surface area (Å²) in [5.41, 5.74) is 12.4. The molecular weight excluding hydrogens is 246 g/mol. The third-order valence-corrected chi connectivity index (χ3v) is 3.53. The van der Waals surface area contributed by atoms with Crippen molar-refractivity contribution in [2.45, 2.75) is 59.8 Å². The lowest BCUT2D eigenvalue weighted by atomic mass is 9.84. The lowest BCUT2D eigenvalue weighted by molar-refractivity contribution is 0.610. The average Bonchev–Trinajstić information content (AvgIpc) is 2.81. The van der Waals surface area contributed by atoms with Crippen LogP contribution in [0, 0.1) is 5.41 Å². The quantitative estimate of drug-likeness (QED) is 0.684. The zero-order valence-corrected chi connectivity index (χ0v) is 13.6. The summed E-state index contributed by atoms with van der Waals surface area (Å²) in [5.74, 6) is 0.474. The highest BCUT2D eigenvalue weighted by Crippen LogP contribution is 2.45. The fourth-order valence-electron chi connectivity index (χ4n) is 2.77. The number of rotatable bonds is 0. The van der Waals surface area contributed by atoms with Gasteiger partial charge in [-0.1, -0.05) is 27.7 Å². The Morgan fingerprint density at radius 2 is 1.85 bits per heavy atom. The molecule has 20 heavy (non-hydrogen) atoms. The fourth-order valence-corrected chi connectivity index (χ4v) is 2.77. The Hall–Kier alpha value is -1.64. The first-order valence-electron chi connectivity index (χ1n) is 7.59. The molecule has 0 aromatic carbocycles. The maximum absolute atomic E-state index is 6.13. The summed E-state index contributed by atoms with van der Waals surface area (Å²) in [6.45, 7) is 12.6. The Bertz CT molecular complexity index is 450. The molecule has 0 aliphatic heterocycles. The van der Waals surface area contributed by atoms with Crippen LogP contribution in [0.15, 0.2) is 18.0 Å². The van der Waals surface area contributed by atoms with Crippen molar-refractivity contribution in [1.82, 2.24) is 4.98 Å². The van der Waals surface area contributed by atoms with E-state index in [-0.39, 0.29) is 0 Å². The van der Waals surface area contributed by atoms with Crippen LogP contribution in [0.2, 0.25) is 0 Å². The molecule has 3 rings (SSSR count). The molecule has 1 aromatic heterocycles. The van der Waals surface area contributed by atoms with Crippen LogP contribution in [0.3, 0.4) is 0 Å². The van der Waals surface area contributed by atoms with Gasteiger partial charge in [-0.05, 0) is 55.7 Å². The van der Waals surface area contributed by atoms with Crippen LogP contribution in [0.5, 0.6) is 0 Å². The summed E-state index contributed by atoms with van der Waals surface area (Å²) in [4.78, 5) is 4.45. The number of nitrogens with zero attached hydrogens (tertiary/aromatic N) is 1. The molecule has 1 heterocycles. The molecule has 2 aliphatic rings. The van der Waals surface area contributed by atoms with E-state index >= 15 is 0 Å². The van der Waals surface area contributed by atoms with Gasteiger partial charge in [-0.25, -0.2) is 0 Å². The topological polar surface area (TPSA) is 62.8 Å². The first-order valence-corrected chi connectivity index (χ1v) is 7.59. The molecule has 0 radical (unpaired) electrons. The van der Waals surface area contributed by atoms with E-state index in [1.165, 1.54) is 36.0 Å². The van der Waals surface area contributed by atoms with Gasteiger partial charge in [-0.3, -0.25) is 4.98 Å². The van der Waals surface area contributed by atoms with Crippen molar-refractivity contribution in [2.24, 2.45) is 5.73 Å². The molecule has 3 heteroatoms. The van der Waals surface area contributed by atoms with Gasteiger partial charge in [-0.15, -0.1) is 0 Å². The minimum Gasteiger partial charge on any atom is -0.401 e. The Kier molecular flexibility index (Phi) is 8.53. The monoisotopic (exact) mass is 275 g/mol. The van der Waals surface area contributed by atoms with Crippen molar-refractivity contribution in [2.75, 3.05) is 0 Å². The maximum atomic E-state index is 6.13. The molecule has 2 aliphatic carbocycles. The Balaban J connectivity index is 0.000000538. The van der Waals surface area contributed by atoms with E-state index in [2.05, 4.69) is 24.7 Å². The highest BCUT2D eigenvalue weighted by atomic mass is 14.7. The molecule has 0 fully saturated rings. The number of aryl methyl sites for hydroxylation is 1. The summed E-state index contributed by atoms with van der Waals surface area (Å²) >= 11 is 0. The van der Waals surface area contributed by atoms with Gasteiger partial charge >= 0.3 is 0 Å². The van der Waals surface area contributed by atoms with Crippen molar-refractivity contribution < 1.29 is 0 Å². The molecule has 3 N–H and O–H groups in total. The average molecular weight is 275 g/mol. The zero-order chi connectivity index (χ0) is 15.7. The fraction of sp³-hybridized carbons (Fsp3) is 0.529. The molecule has 0 bridgehead atoms. The normalized spacial score (nSPS) is 17.6. The van der Waals surface area contributed by atoms with Gasteiger partial charge in [0.15, 0.2) is 0 Å². The van der Waals surface area contributed by atoms with Crippen LogP contribution in [0.25, 0.3) is 5.57 Å². The molecule has 0 spiro atoms. The van der Waals surface area contributed by atoms with Gasteiger partial charge in [0.2, 0.25) is 0 Å². The highest BCUT2D eigenvalue weighted by Gasteiger charge is 2.32. The van der Waals surface area contributed by atoms with Gasteiger partial charge in [0.05, 0.1) is 5.69 Å². The molecule has 1 aromatic rings. The largest absolute Gasteiger partial charge is 0.401 e. The van der Waals surface area contributed by atoms with Gasteiger partial charge in [0, 0.05) is 17.8 Å². The standard InChI is InChI=1S/C12H14N2.2C2H6.CH3N/c1-7-11(13)9-4-2-3-8-5-6-14-12(7)10(8)9;3*1-2/h5-6,9H,2-4,13H2,1H3;2*1-2H3;2H,1H2. The van der Waals surface area contributed by atoms with E-state index in [4.69, 9.17) is 11.1 Å². The molecule has 1 unspecified atom stereocenters. The van der Waals surface area contributed by atoms with E-state index in [1.54, 1.807) is 0 Å². The Labute approximate surface area is 123 Å². The number of allylic oxidation sites excluding steroid dienone is 2. The van der Waals surface area contributed by atoms with Crippen LogP contribution < -0.4 is 5.73 Å². The number of nitrogens with two attached hydrogens (primary N) is 1. The minimum atomic E-state index is 0.474. The minimum absolute atomic E-state index is 0.474. The van der Waals surface area contributed by atoms with E-state index < -0.39 is 0 Å². The predicted octanol–water partition coefficient (Wildman–Crippen LogP) is 4.52. The van der Waals surface area contributed by atoms with Gasteiger partial charge < -0.3 is 11.1 Å². The third kappa shape index (κ3) is 3.27. The van der Waals surface area contributed by atoms with Gasteiger partial charge in [0.25, 0.3) is 0 Å². The van der Waals surface area contributed by atoms with Crippen molar-refractivity contribution in [1.29, 1.82) is 5.41 Å². The van der Waals surface area contributed by atoms with Crippen LogP contribution in [0.4, 0.5) is 0 Å². The lowest BCUT2D eigenvalue weighted by Crippen LogP contribution is -2.13. The first-order chi connectivity index (χ1) is 9.79. The van der Waals surface area contributed by atoms with E-state index in [0.29, 0.717) is 5.92 Å². The van der Waals surface area contributed by atoms with Crippen molar-refractivity contribution in [3.63, 3.8) is 0 Å². The summed E-state index contributed by atoms with van der Waals surface area (Å²) in [6.07, 6.45) is 5.57. The van der Waals surface area contributed by atoms with Gasteiger partial charge in [0.1, 0.15) is 0 Å². The van der Waals surface area contributed by atoms with Crippen LogP contribution >= 0.6 is 0 Å². The van der Waals surface area contributed by atoms with E-state index in [1.807, 2.05) is 33.9 Å². The number of hydrogen-bond acceptors (Lipinski definition) is 3. The molecule has 1 atom stereocenters. The summed E-state index contributed by atoms with van der Waals surface area (Å²) in [7, 11) is 0. The van der Waals surface area contributed by atoms with E-state index in [0.717, 1.165) is 11.4 Å². The van der Waals surface area contributed by atoms with Gasteiger partial charge in [-0.2, -0.15) is 0 Å². The second-order valence-electron chi connectivity index (χ2n) is 4.26. The van der Waals surface area contributed by atoms with Crippen molar-refractivity contribution >= 4 is 12.3 Å². The van der Waals surface area contributed by atoms with Crippen molar-refractivity contribution in [3.05, 3.63) is 34.8 Å². The molecule has 112 valence electrons. The number of hydrogen-bond donors (Lipinski definition) is 2. The lowest BCUT2D eigenvalue weighted by Gasteiger charge is -2.22. The molecule has 0 saturated carbocycles. The third-order valence-electron chi connectivity index (χ3n) is 3.53. The second kappa shape index (κ2) is 9.29. The SMILES string of the molecule is C=N.CC.CC.CC1=C(N)C2CCCc3ccnc1c32. The van der Waals surface area contributed by atoms with Crippen LogP contribution in [-0.2, 0) is 6.42 Å². The number of aromatic nitrogens is 1. The Morgan fingerprint density at radius 3 is 2.45 bits per heavy atom. The van der Waals surface area contributed by atoms with Crippen LogP contribution in [0.1, 0.15) is 70.2 Å². The molecule has 3 nitrogen and oxygen atoms in total. The number of nitrogens with one attached hydrogen (secondary N) is 1. The maximum Gasteiger partial charge on any atom is 0.0717 e. The summed E-state index contributed by atoms with van der Waals surface area (Å²) < 4.78 is 0. The zero-order valence-electron chi connectivity index (χ0n) is 13.6. The Morgan fingerprint density at radius 1 is 1.25 bits per heavy atom. The van der Waals surface area contributed by atoms with Crippen LogP contribution in [-0.4, -0.2) is 11.7 Å². The first kappa shape index (κ1) is 18.4. The van der Waals surface area contributed by atoms with E-state index in [9.17, 15) is 0 Å². The number of pyridine rings is 1. The summed E-state index contributed by atoms with van der Waals surface area (Å²) in [6, 6.07) is 2.15. The molecule has 0 amide bonds. The summed E-state index contributed by atoms with van der Waals surface area (Å²) in [5, 5.41) is 5.50. The molecular formula is C17H29N3. The second-order valence-corrected chi connectivity index (χ2v) is 4.26. The highest BCUT2D eigenvalue weighted by molar-refractivity contribution is 5.75. The molecule has 0 saturated heterocycles. The van der Waals surface area contributed by atoms with Crippen molar-refractivity contribution in [3.8, 4) is 0 Å². The predicted molar refractivity (Wildman–Crippen MR) is 89.2 cm³/mol. The smallest absolute Gasteiger partial charge is 0.0717 e.